The van der Waals surface area contributed by atoms with Gasteiger partial charge in [-0.1, -0.05) is 40.2 Å². The summed E-state index contributed by atoms with van der Waals surface area (Å²) >= 11 is 3.43. The van der Waals surface area contributed by atoms with E-state index >= 15 is 0 Å². The summed E-state index contributed by atoms with van der Waals surface area (Å²) in [5, 5.41) is 0. The molecule has 0 bridgehead atoms. The third kappa shape index (κ3) is 1.83. The zero-order valence-electron chi connectivity index (χ0n) is 8.80. The number of hydrogen-bond acceptors (Lipinski definition) is 1. The number of nitrogens with two attached hydrogens (primary N) is 1. The topological polar surface area (TPSA) is 26.0 Å². The van der Waals surface area contributed by atoms with Crippen molar-refractivity contribution in [1.82, 2.24) is 0 Å². The second-order valence-electron chi connectivity index (χ2n) is 3.62. The van der Waals surface area contributed by atoms with E-state index in [1.54, 1.807) is 18.2 Å². The first-order chi connectivity index (χ1) is 7.61. The third-order valence-electron chi connectivity index (χ3n) is 2.59. The SMILES string of the molecule is Cc1c(Br)cccc1-c1cccc(N)c1F. The number of anilines is 1. The molecule has 0 saturated carbocycles. The van der Waals surface area contributed by atoms with Crippen molar-refractivity contribution in [2.24, 2.45) is 0 Å². The van der Waals surface area contributed by atoms with Gasteiger partial charge in [0.25, 0.3) is 0 Å². The molecule has 0 spiro atoms. The average Bonchev–Trinajstić information content (AvgIpc) is 2.27. The van der Waals surface area contributed by atoms with Crippen molar-refractivity contribution in [1.29, 1.82) is 0 Å². The maximum absolute atomic E-state index is 13.9. The van der Waals surface area contributed by atoms with Crippen LogP contribution >= 0.6 is 15.9 Å². The summed E-state index contributed by atoms with van der Waals surface area (Å²) in [7, 11) is 0. The van der Waals surface area contributed by atoms with Gasteiger partial charge in [-0.2, -0.15) is 0 Å². The molecule has 2 aromatic carbocycles. The van der Waals surface area contributed by atoms with Gasteiger partial charge in [-0.3, -0.25) is 0 Å². The zero-order chi connectivity index (χ0) is 11.7. The standard InChI is InChI=1S/C13H11BrFN/c1-8-9(4-2-6-11(8)14)10-5-3-7-12(16)13(10)15/h2-7H,16H2,1H3. The molecule has 0 aliphatic carbocycles. The molecule has 0 unspecified atom stereocenters. The predicted octanol–water partition coefficient (Wildman–Crippen LogP) is 4.15. The van der Waals surface area contributed by atoms with Gasteiger partial charge in [0.05, 0.1) is 5.69 Å². The fourth-order valence-corrected chi connectivity index (χ4v) is 2.02. The van der Waals surface area contributed by atoms with Crippen LogP contribution in [0.3, 0.4) is 0 Å². The quantitative estimate of drug-likeness (QED) is 0.780. The van der Waals surface area contributed by atoms with E-state index in [2.05, 4.69) is 15.9 Å². The molecule has 0 radical (unpaired) electrons. The van der Waals surface area contributed by atoms with Crippen LogP contribution in [0.25, 0.3) is 11.1 Å². The normalized spacial score (nSPS) is 10.4. The van der Waals surface area contributed by atoms with Gasteiger partial charge in [-0.25, -0.2) is 4.39 Å². The Hall–Kier alpha value is -1.35. The monoisotopic (exact) mass is 279 g/mol. The molecular formula is C13H11BrFN. The van der Waals surface area contributed by atoms with Crippen LogP contribution in [0.2, 0.25) is 0 Å². The van der Waals surface area contributed by atoms with Crippen LogP contribution in [0.1, 0.15) is 5.56 Å². The Kier molecular flexibility index (Phi) is 2.97. The van der Waals surface area contributed by atoms with E-state index in [0.717, 1.165) is 15.6 Å². The van der Waals surface area contributed by atoms with Gasteiger partial charge in [-0.05, 0) is 30.2 Å². The third-order valence-corrected chi connectivity index (χ3v) is 3.45. The summed E-state index contributed by atoms with van der Waals surface area (Å²) in [5.41, 5.74) is 8.14. The zero-order valence-corrected chi connectivity index (χ0v) is 10.4. The van der Waals surface area contributed by atoms with Crippen LogP contribution in [-0.4, -0.2) is 0 Å². The molecule has 0 fully saturated rings. The van der Waals surface area contributed by atoms with Gasteiger partial charge in [0.15, 0.2) is 5.82 Å². The molecule has 82 valence electrons. The molecule has 0 amide bonds. The number of nitrogen functional groups attached to an aromatic ring is 1. The smallest absolute Gasteiger partial charge is 0.153 e. The van der Waals surface area contributed by atoms with Crippen LogP contribution in [0.4, 0.5) is 10.1 Å². The molecule has 16 heavy (non-hydrogen) atoms. The van der Waals surface area contributed by atoms with Crippen molar-refractivity contribution < 1.29 is 4.39 Å². The summed E-state index contributed by atoms with van der Waals surface area (Å²) < 4.78 is 14.8. The number of benzene rings is 2. The summed E-state index contributed by atoms with van der Waals surface area (Å²) in [6.45, 7) is 1.95. The highest BCUT2D eigenvalue weighted by Crippen LogP contribution is 2.31. The highest BCUT2D eigenvalue weighted by Gasteiger charge is 2.10. The van der Waals surface area contributed by atoms with Crippen molar-refractivity contribution in [3.8, 4) is 11.1 Å². The van der Waals surface area contributed by atoms with Crippen molar-refractivity contribution in [2.75, 3.05) is 5.73 Å². The van der Waals surface area contributed by atoms with E-state index in [-0.39, 0.29) is 11.5 Å². The summed E-state index contributed by atoms with van der Waals surface area (Å²) in [5.74, 6) is -0.358. The first-order valence-corrected chi connectivity index (χ1v) is 5.70. The Labute approximate surface area is 102 Å². The highest BCUT2D eigenvalue weighted by atomic mass is 79.9. The molecule has 1 nitrogen and oxygen atoms in total. The maximum Gasteiger partial charge on any atom is 0.153 e. The Morgan fingerprint density at radius 1 is 1.06 bits per heavy atom. The minimum atomic E-state index is -0.358. The van der Waals surface area contributed by atoms with Crippen LogP contribution < -0.4 is 5.73 Å². The minimum Gasteiger partial charge on any atom is -0.396 e. The Bertz CT molecular complexity index is 488. The molecule has 0 aliphatic heterocycles. The van der Waals surface area contributed by atoms with Crippen molar-refractivity contribution in [3.63, 3.8) is 0 Å². The minimum absolute atomic E-state index is 0.178. The van der Waals surface area contributed by atoms with Crippen molar-refractivity contribution >= 4 is 21.6 Å². The Balaban J connectivity index is 2.68. The van der Waals surface area contributed by atoms with E-state index < -0.39 is 0 Å². The lowest BCUT2D eigenvalue weighted by Gasteiger charge is -2.09. The number of halogens is 2. The second kappa shape index (κ2) is 4.26. The highest BCUT2D eigenvalue weighted by molar-refractivity contribution is 9.10. The molecule has 0 aromatic heterocycles. The number of hydrogen-bond donors (Lipinski definition) is 1. The van der Waals surface area contributed by atoms with Gasteiger partial charge in [0, 0.05) is 10.0 Å². The predicted molar refractivity (Wildman–Crippen MR) is 68.7 cm³/mol. The van der Waals surface area contributed by atoms with Crippen molar-refractivity contribution in [2.45, 2.75) is 6.92 Å². The van der Waals surface area contributed by atoms with Crippen LogP contribution in [0.5, 0.6) is 0 Å². The van der Waals surface area contributed by atoms with Crippen LogP contribution in [0.15, 0.2) is 40.9 Å². The van der Waals surface area contributed by atoms with Gasteiger partial charge < -0.3 is 5.73 Å². The van der Waals surface area contributed by atoms with Gasteiger partial charge in [-0.15, -0.1) is 0 Å². The molecule has 2 N–H and O–H groups in total. The second-order valence-corrected chi connectivity index (χ2v) is 4.48. The summed E-state index contributed by atoms with van der Waals surface area (Å²) in [6.07, 6.45) is 0. The van der Waals surface area contributed by atoms with Gasteiger partial charge >= 0.3 is 0 Å². The largest absolute Gasteiger partial charge is 0.396 e. The van der Waals surface area contributed by atoms with Gasteiger partial charge in [0.2, 0.25) is 0 Å². The molecule has 2 rings (SSSR count). The molecule has 3 heteroatoms. The molecule has 0 aliphatic rings. The lowest BCUT2D eigenvalue weighted by Crippen LogP contribution is -1.94. The molecule has 0 heterocycles. The Morgan fingerprint density at radius 2 is 1.69 bits per heavy atom. The average molecular weight is 280 g/mol. The lowest BCUT2D eigenvalue weighted by atomic mass is 10.00. The molecule has 0 saturated heterocycles. The van der Waals surface area contributed by atoms with E-state index in [0.29, 0.717) is 5.56 Å². The molecular weight excluding hydrogens is 269 g/mol. The fraction of sp³-hybridized carbons (Fsp3) is 0.0769. The van der Waals surface area contributed by atoms with E-state index in [9.17, 15) is 4.39 Å². The Morgan fingerprint density at radius 3 is 2.44 bits per heavy atom. The van der Waals surface area contributed by atoms with E-state index in [1.807, 2.05) is 25.1 Å². The van der Waals surface area contributed by atoms with Crippen LogP contribution in [0, 0.1) is 12.7 Å². The first kappa shape index (κ1) is 11.1. The number of rotatable bonds is 1. The van der Waals surface area contributed by atoms with Gasteiger partial charge in [0.1, 0.15) is 0 Å². The molecule has 0 atom stereocenters. The first-order valence-electron chi connectivity index (χ1n) is 4.90. The van der Waals surface area contributed by atoms with E-state index in [1.165, 1.54) is 0 Å². The summed E-state index contributed by atoms with van der Waals surface area (Å²) in [4.78, 5) is 0. The van der Waals surface area contributed by atoms with E-state index in [4.69, 9.17) is 5.73 Å². The lowest BCUT2D eigenvalue weighted by molar-refractivity contribution is 0.636. The maximum atomic E-state index is 13.9. The summed E-state index contributed by atoms with van der Waals surface area (Å²) in [6, 6.07) is 10.8. The fourth-order valence-electron chi connectivity index (χ4n) is 1.66. The molecule has 2 aromatic rings. The van der Waals surface area contributed by atoms with Crippen LogP contribution in [-0.2, 0) is 0 Å². The van der Waals surface area contributed by atoms with Crippen molar-refractivity contribution in [3.05, 3.63) is 52.3 Å².